The molecule has 9 heteroatoms. The number of carbonyl (C=O) groups is 1. The summed E-state index contributed by atoms with van der Waals surface area (Å²) < 4.78 is 1.69. The lowest BCUT2D eigenvalue weighted by Crippen LogP contribution is -2.12. The van der Waals surface area contributed by atoms with Crippen molar-refractivity contribution in [1.82, 2.24) is 29.7 Å². The SMILES string of the molecule is Cc1nn(C)c2ncc(C(=O)Nc3ncc(-c4cnccn4)s3)cc12. The summed E-state index contributed by atoms with van der Waals surface area (Å²) in [5.74, 6) is -0.266. The van der Waals surface area contributed by atoms with Gasteiger partial charge in [0, 0.05) is 37.2 Å². The minimum atomic E-state index is -0.266. The summed E-state index contributed by atoms with van der Waals surface area (Å²) in [6, 6.07) is 1.79. The molecule has 1 N–H and O–H groups in total. The molecule has 124 valence electrons. The molecular formula is C16H13N7OS. The number of carbonyl (C=O) groups excluding carboxylic acids is 1. The average molecular weight is 351 g/mol. The number of rotatable bonds is 3. The van der Waals surface area contributed by atoms with E-state index in [4.69, 9.17) is 0 Å². The van der Waals surface area contributed by atoms with E-state index < -0.39 is 0 Å². The minimum Gasteiger partial charge on any atom is -0.298 e. The highest BCUT2D eigenvalue weighted by molar-refractivity contribution is 7.19. The quantitative estimate of drug-likeness (QED) is 0.609. The monoisotopic (exact) mass is 351 g/mol. The largest absolute Gasteiger partial charge is 0.298 e. The van der Waals surface area contributed by atoms with Gasteiger partial charge >= 0.3 is 0 Å². The van der Waals surface area contributed by atoms with Gasteiger partial charge in [-0.2, -0.15) is 5.10 Å². The molecule has 4 aromatic heterocycles. The molecule has 4 heterocycles. The lowest BCUT2D eigenvalue weighted by atomic mass is 10.2. The number of aryl methyl sites for hydroxylation is 2. The molecule has 0 fully saturated rings. The number of hydrogen-bond acceptors (Lipinski definition) is 7. The second kappa shape index (κ2) is 6.02. The summed E-state index contributed by atoms with van der Waals surface area (Å²) in [5.41, 5.74) is 2.75. The summed E-state index contributed by atoms with van der Waals surface area (Å²) in [6.45, 7) is 1.89. The van der Waals surface area contributed by atoms with Crippen LogP contribution >= 0.6 is 11.3 Å². The highest BCUT2D eigenvalue weighted by Crippen LogP contribution is 2.27. The van der Waals surface area contributed by atoms with E-state index in [1.807, 2.05) is 14.0 Å². The third-order valence-corrected chi connectivity index (χ3v) is 4.60. The fourth-order valence-electron chi connectivity index (χ4n) is 2.48. The van der Waals surface area contributed by atoms with Crippen LogP contribution in [0.25, 0.3) is 21.6 Å². The molecule has 0 aliphatic heterocycles. The molecule has 0 spiro atoms. The summed E-state index contributed by atoms with van der Waals surface area (Å²) in [6.07, 6.45) is 8.08. The highest BCUT2D eigenvalue weighted by Gasteiger charge is 2.14. The van der Waals surface area contributed by atoms with Crippen LogP contribution in [0.4, 0.5) is 5.13 Å². The van der Waals surface area contributed by atoms with Crippen molar-refractivity contribution < 1.29 is 4.79 Å². The highest BCUT2D eigenvalue weighted by atomic mass is 32.1. The van der Waals surface area contributed by atoms with Gasteiger partial charge in [0.2, 0.25) is 0 Å². The zero-order valence-corrected chi connectivity index (χ0v) is 14.3. The van der Waals surface area contributed by atoms with Crippen LogP contribution < -0.4 is 5.32 Å². The summed E-state index contributed by atoms with van der Waals surface area (Å²) >= 11 is 1.34. The fourth-order valence-corrected chi connectivity index (χ4v) is 3.25. The average Bonchev–Trinajstić information content (AvgIpc) is 3.20. The first-order valence-electron chi connectivity index (χ1n) is 7.45. The maximum absolute atomic E-state index is 12.5. The Morgan fingerprint density at radius 1 is 1.16 bits per heavy atom. The van der Waals surface area contributed by atoms with Crippen molar-refractivity contribution in [2.75, 3.05) is 5.32 Å². The van der Waals surface area contributed by atoms with Crippen LogP contribution in [0.2, 0.25) is 0 Å². The normalized spacial score (nSPS) is 11.0. The number of anilines is 1. The van der Waals surface area contributed by atoms with Crippen molar-refractivity contribution in [2.45, 2.75) is 6.92 Å². The molecule has 4 rings (SSSR count). The number of pyridine rings is 1. The molecular weight excluding hydrogens is 338 g/mol. The Labute approximate surface area is 146 Å². The Morgan fingerprint density at radius 3 is 2.84 bits per heavy atom. The van der Waals surface area contributed by atoms with Gasteiger partial charge in [-0.1, -0.05) is 11.3 Å². The first kappa shape index (κ1) is 15.3. The molecule has 0 unspecified atom stereocenters. The van der Waals surface area contributed by atoms with Crippen LogP contribution in [0.3, 0.4) is 0 Å². The number of nitrogens with one attached hydrogen (secondary N) is 1. The van der Waals surface area contributed by atoms with Crippen molar-refractivity contribution in [2.24, 2.45) is 7.05 Å². The van der Waals surface area contributed by atoms with Crippen molar-refractivity contribution in [3.63, 3.8) is 0 Å². The van der Waals surface area contributed by atoms with Crippen molar-refractivity contribution in [3.05, 3.63) is 48.3 Å². The Hall–Kier alpha value is -3.20. The van der Waals surface area contributed by atoms with Crippen molar-refractivity contribution in [1.29, 1.82) is 0 Å². The first-order chi connectivity index (χ1) is 12.1. The second-order valence-corrected chi connectivity index (χ2v) is 6.41. The molecule has 8 nitrogen and oxygen atoms in total. The van der Waals surface area contributed by atoms with Gasteiger partial charge in [0.05, 0.1) is 22.3 Å². The second-order valence-electron chi connectivity index (χ2n) is 5.38. The molecule has 0 radical (unpaired) electrons. The van der Waals surface area contributed by atoms with Gasteiger partial charge < -0.3 is 0 Å². The molecule has 1 amide bonds. The van der Waals surface area contributed by atoms with Crippen molar-refractivity contribution >= 4 is 33.4 Å². The lowest BCUT2D eigenvalue weighted by Gasteiger charge is -2.02. The molecule has 0 saturated heterocycles. The lowest BCUT2D eigenvalue weighted by molar-refractivity contribution is 0.102. The van der Waals surface area contributed by atoms with Crippen molar-refractivity contribution in [3.8, 4) is 10.6 Å². The molecule has 0 aliphatic rings. The zero-order chi connectivity index (χ0) is 17.4. The number of hydrogen-bond donors (Lipinski definition) is 1. The maximum Gasteiger partial charge on any atom is 0.259 e. The van der Waals surface area contributed by atoms with Crippen LogP contribution in [0.15, 0.2) is 37.1 Å². The van der Waals surface area contributed by atoms with Crippen LogP contribution in [0.5, 0.6) is 0 Å². The third-order valence-electron chi connectivity index (χ3n) is 3.67. The van der Waals surface area contributed by atoms with E-state index in [2.05, 4.69) is 30.4 Å². The van der Waals surface area contributed by atoms with Gasteiger partial charge in [0.15, 0.2) is 10.8 Å². The summed E-state index contributed by atoms with van der Waals surface area (Å²) in [7, 11) is 1.83. The van der Waals surface area contributed by atoms with Gasteiger partial charge in [0.1, 0.15) is 5.69 Å². The fraction of sp³-hybridized carbons (Fsp3) is 0.125. The standard InChI is InChI=1S/C16H13N7OS/c1-9-11-5-10(6-19-14(11)23(2)22-9)15(24)21-16-20-8-13(25-16)12-7-17-3-4-18-12/h3-8H,1-2H3,(H,20,21,24). The van der Waals surface area contributed by atoms with E-state index >= 15 is 0 Å². The Kier molecular flexibility index (Phi) is 3.69. The smallest absolute Gasteiger partial charge is 0.259 e. The van der Waals surface area contributed by atoms with E-state index in [1.165, 1.54) is 17.5 Å². The van der Waals surface area contributed by atoms with Gasteiger partial charge in [-0.3, -0.25) is 24.8 Å². The minimum absolute atomic E-state index is 0.266. The molecule has 4 aromatic rings. The molecule has 25 heavy (non-hydrogen) atoms. The van der Waals surface area contributed by atoms with E-state index in [1.54, 1.807) is 35.5 Å². The predicted octanol–water partition coefficient (Wildman–Crippen LogP) is 2.44. The summed E-state index contributed by atoms with van der Waals surface area (Å²) in [5, 5.41) is 8.45. The Balaban J connectivity index is 1.58. The molecule has 0 bridgehead atoms. The summed E-state index contributed by atoms with van der Waals surface area (Å²) in [4.78, 5) is 30.1. The van der Waals surface area contributed by atoms with Crippen LogP contribution in [-0.2, 0) is 7.05 Å². The number of aromatic nitrogens is 6. The zero-order valence-electron chi connectivity index (χ0n) is 13.5. The van der Waals surface area contributed by atoms with Gasteiger partial charge in [0.25, 0.3) is 5.91 Å². The Bertz CT molecular complexity index is 1070. The number of nitrogens with zero attached hydrogens (tertiary/aromatic N) is 6. The molecule has 0 saturated carbocycles. The number of fused-ring (bicyclic) bond motifs is 1. The maximum atomic E-state index is 12.5. The molecule has 0 atom stereocenters. The molecule has 0 aliphatic carbocycles. The van der Waals surface area contributed by atoms with Crippen LogP contribution in [0.1, 0.15) is 16.1 Å². The van der Waals surface area contributed by atoms with Gasteiger partial charge in [-0.15, -0.1) is 0 Å². The van der Waals surface area contributed by atoms with Crippen LogP contribution in [-0.4, -0.2) is 35.6 Å². The first-order valence-corrected chi connectivity index (χ1v) is 8.26. The Morgan fingerprint density at radius 2 is 2.04 bits per heavy atom. The topological polar surface area (TPSA) is 98.5 Å². The van der Waals surface area contributed by atoms with E-state index in [0.717, 1.165) is 27.3 Å². The van der Waals surface area contributed by atoms with Crippen LogP contribution in [0, 0.1) is 6.92 Å². The van der Waals surface area contributed by atoms with Gasteiger partial charge in [-0.05, 0) is 13.0 Å². The van der Waals surface area contributed by atoms with Gasteiger partial charge in [-0.25, -0.2) is 9.97 Å². The number of amides is 1. The van der Waals surface area contributed by atoms with E-state index in [-0.39, 0.29) is 5.91 Å². The van der Waals surface area contributed by atoms with E-state index in [0.29, 0.717) is 10.7 Å². The predicted molar refractivity (Wildman–Crippen MR) is 94.3 cm³/mol. The molecule has 0 aromatic carbocycles. The third kappa shape index (κ3) is 2.85. The number of thiazole rings is 1. The van der Waals surface area contributed by atoms with E-state index in [9.17, 15) is 4.79 Å².